The SMILES string of the molecule is Cc1ccc(C(=O)c2ccccc2)c(NCc2ccccc2)c1. The number of hydrogen-bond donors (Lipinski definition) is 1. The fourth-order valence-corrected chi connectivity index (χ4v) is 2.54. The fraction of sp³-hybridized carbons (Fsp3) is 0.0952. The lowest BCUT2D eigenvalue weighted by atomic mass is 10.00. The highest BCUT2D eigenvalue weighted by molar-refractivity contribution is 6.12. The molecule has 3 rings (SSSR count). The Morgan fingerprint density at radius 2 is 1.52 bits per heavy atom. The van der Waals surface area contributed by atoms with Crippen LogP contribution in [0.15, 0.2) is 78.9 Å². The molecule has 0 radical (unpaired) electrons. The third kappa shape index (κ3) is 3.67. The molecule has 0 heterocycles. The van der Waals surface area contributed by atoms with Crippen LogP contribution >= 0.6 is 0 Å². The second kappa shape index (κ2) is 6.93. The van der Waals surface area contributed by atoms with Gasteiger partial charge >= 0.3 is 0 Å². The minimum atomic E-state index is 0.0427. The number of carbonyl (C=O) groups excluding carboxylic acids is 1. The number of hydrogen-bond acceptors (Lipinski definition) is 2. The highest BCUT2D eigenvalue weighted by atomic mass is 16.1. The van der Waals surface area contributed by atoms with E-state index in [-0.39, 0.29) is 5.78 Å². The Morgan fingerprint density at radius 3 is 2.22 bits per heavy atom. The van der Waals surface area contributed by atoms with Crippen LogP contribution in [0.5, 0.6) is 0 Å². The smallest absolute Gasteiger partial charge is 0.195 e. The first-order valence-corrected chi connectivity index (χ1v) is 7.72. The highest BCUT2D eigenvalue weighted by Crippen LogP contribution is 2.22. The van der Waals surface area contributed by atoms with Crippen LogP contribution < -0.4 is 5.32 Å². The minimum absolute atomic E-state index is 0.0427. The fourth-order valence-electron chi connectivity index (χ4n) is 2.54. The zero-order valence-corrected chi connectivity index (χ0v) is 13.1. The van der Waals surface area contributed by atoms with Crippen LogP contribution in [0, 0.1) is 6.92 Å². The summed E-state index contributed by atoms with van der Waals surface area (Å²) in [6.45, 7) is 2.73. The Balaban J connectivity index is 1.87. The summed E-state index contributed by atoms with van der Waals surface area (Å²) in [4.78, 5) is 12.7. The molecule has 114 valence electrons. The van der Waals surface area contributed by atoms with Crippen molar-refractivity contribution in [3.05, 3.63) is 101 Å². The van der Waals surface area contributed by atoms with Crippen molar-refractivity contribution in [3.63, 3.8) is 0 Å². The largest absolute Gasteiger partial charge is 0.380 e. The second-order valence-electron chi connectivity index (χ2n) is 5.58. The third-order valence-electron chi connectivity index (χ3n) is 3.78. The molecule has 0 saturated heterocycles. The van der Waals surface area contributed by atoms with Crippen LogP contribution in [0.1, 0.15) is 27.0 Å². The van der Waals surface area contributed by atoms with Crippen LogP contribution in [0.25, 0.3) is 0 Å². The zero-order chi connectivity index (χ0) is 16.1. The van der Waals surface area contributed by atoms with Gasteiger partial charge in [0.1, 0.15) is 0 Å². The Kier molecular flexibility index (Phi) is 4.53. The van der Waals surface area contributed by atoms with E-state index in [0.29, 0.717) is 17.7 Å². The number of anilines is 1. The predicted molar refractivity (Wildman–Crippen MR) is 94.8 cm³/mol. The quantitative estimate of drug-likeness (QED) is 0.683. The second-order valence-corrected chi connectivity index (χ2v) is 5.58. The zero-order valence-electron chi connectivity index (χ0n) is 13.1. The van der Waals surface area contributed by atoms with Gasteiger partial charge in [-0.3, -0.25) is 4.79 Å². The van der Waals surface area contributed by atoms with Gasteiger partial charge in [-0.15, -0.1) is 0 Å². The molecule has 0 unspecified atom stereocenters. The first kappa shape index (κ1) is 15.0. The molecule has 0 fully saturated rings. The maximum atomic E-state index is 12.7. The monoisotopic (exact) mass is 301 g/mol. The van der Waals surface area contributed by atoms with Gasteiger partial charge < -0.3 is 5.32 Å². The number of ketones is 1. The first-order chi connectivity index (χ1) is 11.2. The lowest BCUT2D eigenvalue weighted by Gasteiger charge is -2.13. The van der Waals surface area contributed by atoms with Crippen LogP contribution in [0.4, 0.5) is 5.69 Å². The average molecular weight is 301 g/mol. The molecule has 0 aliphatic carbocycles. The van der Waals surface area contributed by atoms with Crippen molar-refractivity contribution in [1.82, 2.24) is 0 Å². The van der Waals surface area contributed by atoms with E-state index in [1.165, 1.54) is 5.56 Å². The van der Waals surface area contributed by atoms with Gasteiger partial charge in [0.05, 0.1) is 0 Å². The van der Waals surface area contributed by atoms with Crippen molar-refractivity contribution >= 4 is 11.5 Å². The van der Waals surface area contributed by atoms with Crippen molar-refractivity contribution < 1.29 is 4.79 Å². The van der Waals surface area contributed by atoms with Crippen LogP contribution in [-0.4, -0.2) is 5.78 Å². The molecule has 3 aromatic carbocycles. The standard InChI is InChI=1S/C21H19NO/c1-16-12-13-19(21(23)18-10-6-3-7-11-18)20(14-16)22-15-17-8-4-2-5-9-17/h2-14,22H,15H2,1H3. The summed E-state index contributed by atoms with van der Waals surface area (Å²) in [5.41, 5.74) is 4.61. The molecule has 0 spiro atoms. The van der Waals surface area contributed by atoms with Crippen LogP contribution in [0.2, 0.25) is 0 Å². The normalized spacial score (nSPS) is 10.3. The Labute approximate surface area is 136 Å². The maximum absolute atomic E-state index is 12.7. The molecule has 0 aromatic heterocycles. The average Bonchev–Trinajstić information content (AvgIpc) is 2.61. The molecule has 23 heavy (non-hydrogen) atoms. The summed E-state index contributed by atoms with van der Waals surface area (Å²) >= 11 is 0. The Hall–Kier alpha value is -2.87. The van der Waals surface area contributed by atoms with E-state index in [4.69, 9.17) is 0 Å². The highest BCUT2D eigenvalue weighted by Gasteiger charge is 2.13. The summed E-state index contributed by atoms with van der Waals surface area (Å²) in [6, 6.07) is 25.5. The molecule has 0 saturated carbocycles. The van der Waals surface area contributed by atoms with E-state index in [1.54, 1.807) is 0 Å². The molecule has 1 N–H and O–H groups in total. The van der Waals surface area contributed by atoms with E-state index in [1.807, 2.05) is 73.7 Å². The molecule has 0 aliphatic rings. The van der Waals surface area contributed by atoms with Crippen molar-refractivity contribution in [2.45, 2.75) is 13.5 Å². The van der Waals surface area contributed by atoms with E-state index in [2.05, 4.69) is 17.4 Å². The van der Waals surface area contributed by atoms with Gasteiger partial charge in [0, 0.05) is 23.4 Å². The van der Waals surface area contributed by atoms with Gasteiger partial charge in [-0.1, -0.05) is 66.7 Å². The van der Waals surface area contributed by atoms with E-state index < -0.39 is 0 Å². The first-order valence-electron chi connectivity index (χ1n) is 7.72. The summed E-state index contributed by atoms with van der Waals surface area (Å²) in [5.74, 6) is 0.0427. The van der Waals surface area contributed by atoms with Gasteiger partial charge in [-0.2, -0.15) is 0 Å². The molecule has 2 heteroatoms. The number of benzene rings is 3. The number of carbonyl (C=O) groups is 1. The molecule has 2 nitrogen and oxygen atoms in total. The van der Waals surface area contributed by atoms with Crippen molar-refractivity contribution in [2.24, 2.45) is 0 Å². The number of aryl methyl sites for hydroxylation is 1. The number of nitrogens with one attached hydrogen (secondary N) is 1. The molecule has 0 atom stereocenters. The van der Waals surface area contributed by atoms with Crippen LogP contribution in [-0.2, 0) is 6.54 Å². The van der Waals surface area contributed by atoms with Crippen molar-refractivity contribution in [2.75, 3.05) is 5.32 Å². The van der Waals surface area contributed by atoms with Gasteiger partial charge in [0.25, 0.3) is 0 Å². The number of rotatable bonds is 5. The molecular formula is C21H19NO. The third-order valence-corrected chi connectivity index (χ3v) is 3.78. The lowest BCUT2D eigenvalue weighted by Crippen LogP contribution is -2.08. The van der Waals surface area contributed by atoms with Crippen molar-refractivity contribution in [3.8, 4) is 0 Å². The van der Waals surface area contributed by atoms with E-state index in [0.717, 1.165) is 11.3 Å². The van der Waals surface area contributed by atoms with Gasteiger partial charge in [0.2, 0.25) is 0 Å². The minimum Gasteiger partial charge on any atom is -0.380 e. The summed E-state index contributed by atoms with van der Waals surface area (Å²) in [6.07, 6.45) is 0. The topological polar surface area (TPSA) is 29.1 Å². The van der Waals surface area contributed by atoms with Gasteiger partial charge in [0.15, 0.2) is 5.78 Å². The maximum Gasteiger partial charge on any atom is 0.195 e. The molecule has 0 aliphatic heterocycles. The summed E-state index contributed by atoms with van der Waals surface area (Å²) < 4.78 is 0. The summed E-state index contributed by atoms with van der Waals surface area (Å²) in [7, 11) is 0. The molecular weight excluding hydrogens is 282 g/mol. The van der Waals surface area contributed by atoms with Crippen LogP contribution in [0.3, 0.4) is 0 Å². The summed E-state index contributed by atoms with van der Waals surface area (Å²) in [5, 5.41) is 3.40. The lowest BCUT2D eigenvalue weighted by molar-refractivity contribution is 0.103. The van der Waals surface area contributed by atoms with Gasteiger partial charge in [-0.25, -0.2) is 0 Å². The predicted octanol–water partition coefficient (Wildman–Crippen LogP) is 4.84. The van der Waals surface area contributed by atoms with E-state index in [9.17, 15) is 4.79 Å². The van der Waals surface area contributed by atoms with Gasteiger partial charge in [-0.05, 0) is 30.2 Å². The molecule has 3 aromatic rings. The Morgan fingerprint density at radius 1 is 0.870 bits per heavy atom. The Bertz CT molecular complexity index is 795. The van der Waals surface area contributed by atoms with E-state index >= 15 is 0 Å². The molecule has 0 bridgehead atoms. The molecule has 0 amide bonds. The van der Waals surface area contributed by atoms with Crippen molar-refractivity contribution in [1.29, 1.82) is 0 Å².